The summed E-state index contributed by atoms with van der Waals surface area (Å²) in [6.07, 6.45) is 5.61. The molecule has 6 heteroatoms. The van der Waals surface area contributed by atoms with Gasteiger partial charge in [0.2, 0.25) is 5.91 Å². The second kappa shape index (κ2) is 11.4. The van der Waals surface area contributed by atoms with Crippen molar-refractivity contribution in [1.82, 2.24) is 5.32 Å². The number of halogens is 1. The zero-order valence-corrected chi connectivity index (χ0v) is 21.2. The molecule has 2 aromatic rings. The van der Waals surface area contributed by atoms with Crippen LogP contribution in [-0.2, 0) is 4.79 Å². The van der Waals surface area contributed by atoms with E-state index in [4.69, 9.17) is 9.47 Å². The van der Waals surface area contributed by atoms with Crippen LogP contribution in [0, 0.1) is 5.82 Å². The molecule has 0 radical (unpaired) electrons. The lowest BCUT2D eigenvalue weighted by molar-refractivity contribution is -0.118. The van der Waals surface area contributed by atoms with E-state index in [2.05, 4.69) is 10.6 Å². The second-order valence-corrected chi connectivity index (χ2v) is 9.30. The molecule has 184 valence electrons. The zero-order valence-electron chi connectivity index (χ0n) is 21.2. The highest BCUT2D eigenvalue weighted by Gasteiger charge is 2.21. The van der Waals surface area contributed by atoms with Crippen molar-refractivity contribution in [3.05, 3.63) is 47.3 Å². The number of rotatable bonds is 8. The zero-order chi connectivity index (χ0) is 24.8. The second-order valence-electron chi connectivity index (χ2n) is 9.30. The lowest BCUT2D eigenvalue weighted by Gasteiger charge is -2.23. The number of anilines is 1. The summed E-state index contributed by atoms with van der Waals surface area (Å²) >= 11 is 0. The van der Waals surface area contributed by atoms with E-state index in [9.17, 15) is 4.79 Å². The average molecular weight is 469 g/mol. The first kappa shape index (κ1) is 25.6. The van der Waals surface area contributed by atoms with Crippen LogP contribution in [0.5, 0.6) is 11.5 Å². The smallest absolute Gasteiger partial charge is 0.247 e. The van der Waals surface area contributed by atoms with Gasteiger partial charge in [0.1, 0.15) is 17.3 Å². The van der Waals surface area contributed by atoms with Crippen molar-refractivity contribution >= 4 is 17.2 Å². The molecule has 0 saturated heterocycles. The predicted octanol–water partition coefficient (Wildman–Crippen LogP) is 6.57. The molecule has 0 aromatic heterocycles. The fourth-order valence-corrected chi connectivity index (χ4v) is 4.47. The van der Waals surface area contributed by atoms with Crippen molar-refractivity contribution in [3.63, 3.8) is 0 Å². The Hall–Kier alpha value is -3.02. The number of allylic oxidation sites excluding steroid dienone is 1. The van der Waals surface area contributed by atoms with Crippen LogP contribution in [-0.4, -0.2) is 32.2 Å². The summed E-state index contributed by atoms with van der Waals surface area (Å²) in [6, 6.07) is 9.11. The molecular weight excluding hydrogens is 431 g/mol. The summed E-state index contributed by atoms with van der Waals surface area (Å²) < 4.78 is 26.4. The van der Waals surface area contributed by atoms with Gasteiger partial charge in [-0.3, -0.25) is 4.79 Å². The Morgan fingerprint density at radius 3 is 2.24 bits per heavy atom. The van der Waals surface area contributed by atoms with Crippen LogP contribution in [0.2, 0.25) is 0 Å². The van der Waals surface area contributed by atoms with Crippen LogP contribution in [0.4, 0.5) is 10.1 Å². The Morgan fingerprint density at radius 1 is 0.971 bits per heavy atom. The third-order valence-electron chi connectivity index (χ3n) is 6.48. The summed E-state index contributed by atoms with van der Waals surface area (Å²) in [7, 11) is 3.13. The molecule has 1 fully saturated rings. The Bertz CT molecular complexity index is 1060. The number of ether oxygens (including phenoxy) is 2. The molecule has 1 amide bonds. The largest absolute Gasteiger partial charge is 0.496 e. The molecule has 0 aliphatic heterocycles. The first-order valence-electron chi connectivity index (χ1n) is 12.1. The maximum absolute atomic E-state index is 15.1. The number of benzene rings is 2. The van der Waals surface area contributed by atoms with Crippen LogP contribution in [0.1, 0.15) is 65.4 Å². The third kappa shape index (κ3) is 5.91. The topological polar surface area (TPSA) is 59.6 Å². The van der Waals surface area contributed by atoms with E-state index >= 15 is 4.39 Å². The fraction of sp³-hybridized carbons (Fsp3) is 0.464. The van der Waals surface area contributed by atoms with E-state index < -0.39 is 0 Å². The minimum absolute atomic E-state index is 0.0613. The van der Waals surface area contributed by atoms with E-state index in [-0.39, 0.29) is 23.8 Å². The van der Waals surface area contributed by atoms with Crippen molar-refractivity contribution in [3.8, 4) is 22.6 Å². The van der Waals surface area contributed by atoms with Gasteiger partial charge in [-0.15, -0.1) is 0 Å². The molecule has 0 atom stereocenters. The number of hydrogen-bond acceptors (Lipinski definition) is 4. The molecule has 1 saturated carbocycles. The van der Waals surface area contributed by atoms with Crippen LogP contribution in [0.15, 0.2) is 35.9 Å². The molecule has 3 rings (SSSR count). The van der Waals surface area contributed by atoms with Crippen LogP contribution >= 0.6 is 0 Å². The molecule has 34 heavy (non-hydrogen) atoms. The van der Waals surface area contributed by atoms with Crippen molar-refractivity contribution < 1.29 is 18.7 Å². The number of carbonyl (C=O) groups excluding carboxylic acids is 1. The molecule has 0 heterocycles. The van der Waals surface area contributed by atoms with E-state index in [0.717, 1.165) is 42.5 Å². The van der Waals surface area contributed by atoms with E-state index in [1.807, 2.05) is 39.8 Å². The third-order valence-corrected chi connectivity index (χ3v) is 6.48. The summed E-state index contributed by atoms with van der Waals surface area (Å²) in [6.45, 7) is 7.74. The van der Waals surface area contributed by atoms with Gasteiger partial charge < -0.3 is 20.1 Å². The highest BCUT2D eigenvalue weighted by molar-refractivity contribution is 6.01. The molecule has 2 N–H and O–H groups in total. The minimum Gasteiger partial charge on any atom is -0.496 e. The number of hydrogen-bond donors (Lipinski definition) is 2. The predicted molar refractivity (Wildman–Crippen MR) is 137 cm³/mol. The van der Waals surface area contributed by atoms with Crippen LogP contribution < -0.4 is 20.1 Å². The number of carbonyl (C=O) groups is 1. The van der Waals surface area contributed by atoms with Crippen LogP contribution in [0.25, 0.3) is 16.7 Å². The van der Waals surface area contributed by atoms with Gasteiger partial charge in [0.25, 0.3) is 0 Å². The van der Waals surface area contributed by atoms with Gasteiger partial charge >= 0.3 is 0 Å². The summed E-state index contributed by atoms with van der Waals surface area (Å²) in [4.78, 5) is 12.9. The summed E-state index contributed by atoms with van der Waals surface area (Å²) in [5, 5.41) is 6.39. The quantitative estimate of drug-likeness (QED) is 0.430. The van der Waals surface area contributed by atoms with Gasteiger partial charge in [0, 0.05) is 40.0 Å². The van der Waals surface area contributed by atoms with E-state index in [1.54, 1.807) is 26.4 Å². The molecule has 2 aromatic carbocycles. The molecule has 0 bridgehead atoms. The highest BCUT2D eigenvalue weighted by Crippen LogP contribution is 2.41. The Kier molecular flexibility index (Phi) is 8.59. The standard InChI is InChI=1S/C28H37FN2O3/c1-17(2)30-21-12-13-22(25(29)14-21)24-16-26(33-5)23(15-27(24)34-6)18(3)19(4)28(32)31-20-10-8-7-9-11-20/h12-17,20,30H,7-11H2,1-6H3,(H,31,32)/b19-18+. The van der Waals surface area contributed by atoms with Crippen molar-refractivity contribution in [1.29, 1.82) is 0 Å². The van der Waals surface area contributed by atoms with Gasteiger partial charge in [-0.1, -0.05) is 19.3 Å². The molecule has 1 aliphatic carbocycles. The first-order valence-corrected chi connectivity index (χ1v) is 12.1. The van der Waals surface area contributed by atoms with Crippen molar-refractivity contribution in [2.75, 3.05) is 19.5 Å². The first-order chi connectivity index (χ1) is 16.2. The SMILES string of the molecule is COc1cc(-c2ccc(NC(C)C)cc2F)c(OC)cc1/C(C)=C(\C)C(=O)NC1CCCCC1. The normalized spacial score (nSPS) is 15.1. The van der Waals surface area contributed by atoms with Crippen LogP contribution in [0.3, 0.4) is 0 Å². The van der Waals surface area contributed by atoms with E-state index in [1.165, 1.54) is 12.5 Å². The van der Waals surface area contributed by atoms with Gasteiger partial charge in [0.05, 0.1) is 14.2 Å². The molecule has 5 nitrogen and oxygen atoms in total. The lowest BCUT2D eigenvalue weighted by Crippen LogP contribution is -2.36. The Labute approximate surface area is 202 Å². The number of amides is 1. The number of methoxy groups -OCH3 is 2. The van der Waals surface area contributed by atoms with Crippen molar-refractivity contribution in [2.45, 2.75) is 71.9 Å². The fourth-order valence-electron chi connectivity index (χ4n) is 4.47. The van der Waals surface area contributed by atoms with Gasteiger partial charge in [-0.05, 0) is 76.4 Å². The monoisotopic (exact) mass is 468 g/mol. The van der Waals surface area contributed by atoms with Gasteiger partial charge in [0.15, 0.2) is 0 Å². The number of nitrogens with one attached hydrogen (secondary N) is 2. The molecule has 0 unspecified atom stereocenters. The summed E-state index contributed by atoms with van der Waals surface area (Å²) in [5.41, 5.74) is 3.91. The minimum atomic E-state index is -0.353. The maximum atomic E-state index is 15.1. The molecular formula is C28H37FN2O3. The van der Waals surface area contributed by atoms with Gasteiger partial charge in [-0.25, -0.2) is 4.39 Å². The van der Waals surface area contributed by atoms with E-state index in [0.29, 0.717) is 28.2 Å². The van der Waals surface area contributed by atoms with Gasteiger partial charge in [-0.2, -0.15) is 0 Å². The van der Waals surface area contributed by atoms with Crippen molar-refractivity contribution in [2.24, 2.45) is 0 Å². The molecule has 0 spiro atoms. The Balaban J connectivity index is 1.97. The lowest BCUT2D eigenvalue weighted by atomic mass is 9.94. The summed E-state index contributed by atoms with van der Waals surface area (Å²) in [5.74, 6) is 0.656. The molecule has 1 aliphatic rings. The average Bonchev–Trinajstić information content (AvgIpc) is 2.82. The maximum Gasteiger partial charge on any atom is 0.247 e. The highest BCUT2D eigenvalue weighted by atomic mass is 19.1. The Morgan fingerprint density at radius 2 is 1.65 bits per heavy atom.